The molecular formula is C43H66ClNO3PPd+. The van der Waals surface area contributed by atoms with Crippen LogP contribution in [0.4, 0.5) is 0 Å². The monoisotopic (exact) mass is 816 g/mol. The second-order valence-corrected chi connectivity index (χ2v) is 18.0. The topological polar surface area (TPSA) is 53.7 Å². The molecule has 2 fully saturated rings. The molecule has 2 aliphatic rings. The van der Waals surface area contributed by atoms with Gasteiger partial charge < -0.3 is 19.9 Å². The standard InChI is InChI=1S/C30H43O2P.C8H10N.C5H12O.ClH.Pd/c1-22(2)31-27-19-13-20-28(32-23(3)4)30(27)26-18-11-12-21-29(26)33(24-14-7-5-8-15-24)25-16-9-6-10-17-25;9-7-6-8-4-2-1-3-5-8;1-5(2,3)6-4;;/h11-13,18-25H,5-10,14-17H2,1-4H3;1-4H,6-7,9H2;1-4H3;1H;/q;-1;;;+2. The van der Waals surface area contributed by atoms with Crippen LogP contribution in [-0.4, -0.2) is 42.8 Å². The number of hydrogen-bond donors (Lipinski definition) is 1. The van der Waals surface area contributed by atoms with Gasteiger partial charge in [0.05, 0.1) is 34.7 Å². The van der Waals surface area contributed by atoms with Crippen molar-refractivity contribution in [3.63, 3.8) is 0 Å². The first-order chi connectivity index (χ1) is 24.0. The van der Waals surface area contributed by atoms with E-state index in [1.807, 2.05) is 45.0 Å². The molecule has 0 atom stereocenters. The summed E-state index contributed by atoms with van der Waals surface area (Å²) in [7, 11) is 5.50. The van der Waals surface area contributed by atoms with Gasteiger partial charge in [-0.05, 0) is 131 Å². The summed E-state index contributed by atoms with van der Waals surface area (Å²) in [6.45, 7) is 15.2. The SMILES string of the molecule is CC(C)Oc1cccc(OC(C)C)c1-c1ccccc1[PH+](C1CCCCC1)C1CCCCC1.COC(C)(C)C.NCCc1[c-]cccc1.[Cl][Pd+]. The Labute approximate surface area is 322 Å². The molecule has 50 heavy (non-hydrogen) atoms. The zero-order valence-corrected chi connectivity index (χ0v) is 35.5. The Morgan fingerprint density at radius 1 is 0.760 bits per heavy atom. The molecule has 0 amide bonds. The fourth-order valence-corrected chi connectivity index (χ4v) is 11.2. The van der Waals surface area contributed by atoms with Crippen LogP contribution in [0, 0.1) is 6.07 Å². The van der Waals surface area contributed by atoms with Crippen molar-refractivity contribution in [1.29, 1.82) is 0 Å². The molecule has 282 valence electrons. The van der Waals surface area contributed by atoms with Crippen molar-refractivity contribution in [2.75, 3.05) is 13.7 Å². The first kappa shape index (κ1) is 44.7. The fraction of sp³-hybridized carbons (Fsp3) is 0.581. The summed E-state index contributed by atoms with van der Waals surface area (Å²) in [5.74, 6) is 1.92. The number of rotatable bonds is 10. The molecule has 0 heterocycles. The van der Waals surface area contributed by atoms with Crippen molar-refractivity contribution >= 4 is 22.8 Å². The number of hydrogen-bond acceptors (Lipinski definition) is 4. The molecule has 0 radical (unpaired) electrons. The first-order valence-electron chi connectivity index (χ1n) is 18.8. The summed E-state index contributed by atoms with van der Waals surface area (Å²) in [6, 6.07) is 26.6. The van der Waals surface area contributed by atoms with Crippen LogP contribution >= 0.6 is 17.5 Å². The van der Waals surface area contributed by atoms with Crippen LogP contribution in [0.1, 0.15) is 118 Å². The van der Waals surface area contributed by atoms with E-state index in [1.165, 1.54) is 80.9 Å². The third kappa shape index (κ3) is 16.1. The number of nitrogens with two attached hydrogens (primary N) is 1. The minimum atomic E-state index is -0.700. The third-order valence-electron chi connectivity index (χ3n) is 9.11. The molecule has 0 spiro atoms. The van der Waals surface area contributed by atoms with E-state index in [2.05, 4.69) is 104 Å². The average Bonchev–Trinajstić information content (AvgIpc) is 3.11. The van der Waals surface area contributed by atoms with Gasteiger partial charge in [-0.3, -0.25) is 0 Å². The van der Waals surface area contributed by atoms with E-state index in [9.17, 15) is 0 Å². The molecule has 0 unspecified atom stereocenters. The molecule has 2 N–H and O–H groups in total. The van der Waals surface area contributed by atoms with Crippen LogP contribution in [0.3, 0.4) is 0 Å². The van der Waals surface area contributed by atoms with Crippen molar-refractivity contribution in [2.45, 2.75) is 148 Å². The van der Waals surface area contributed by atoms with Crippen LogP contribution in [-0.2, 0) is 29.3 Å². The summed E-state index contributed by atoms with van der Waals surface area (Å²) in [6.07, 6.45) is 15.4. The Kier molecular flexibility index (Phi) is 22.1. The molecule has 3 aromatic rings. The van der Waals surface area contributed by atoms with Gasteiger partial charge in [0.1, 0.15) is 16.8 Å². The van der Waals surface area contributed by atoms with E-state index in [4.69, 9.17) is 19.9 Å². The van der Waals surface area contributed by atoms with Gasteiger partial charge in [0.15, 0.2) is 0 Å². The van der Waals surface area contributed by atoms with Gasteiger partial charge >= 0.3 is 27.7 Å². The summed E-state index contributed by atoms with van der Waals surface area (Å²) < 4.78 is 17.7. The van der Waals surface area contributed by atoms with E-state index < -0.39 is 7.92 Å². The van der Waals surface area contributed by atoms with E-state index in [0.29, 0.717) is 6.54 Å². The number of halogens is 1. The molecule has 5 rings (SSSR count). The maximum atomic E-state index is 6.38. The zero-order chi connectivity index (χ0) is 36.9. The van der Waals surface area contributed by atoms with Gasteiger partial charge in [-0.15, -0.1) is 0 Å². The summed E-state index contributed by atoms with van der Waals surface area (Å²) in [5, 5.41) is 1.63. The van der Waals surface area contributed by atoms with Crippen molar-refractivity contribution in [3.05, 3.63) is 78.4 Å². The molecule has 3 aromatic carbocycles. The quantitative estimate of drug-likeness (QED) is 0.126. The number of methoxy groups -OCH3 is 1. The maximum absolute atomic E-state index is 6.38. The molecular weight excluding hydrogens is 751 g/mol. The molecule has 0 aliphatic heterocycles. The van der Waals surface area contributed by atoms with Gasteiger partial charge in [0, 0.05) is 20.6 Å². The predicted molar refractivity (Wildman–Crippen MR) is 216 cm³/mol. The summed E-state index contributed by atoms with van der Waals surface area (Å²) in [5.41, 5.74) is 10.9. The van der Waals surface area contributed by atoms with Crippen LogP contribution in [0.5, 0.6) is 11.5 Å². The van der Waals surface area contributed by atoms with Crippen LogP contribution in [0.15, 0.2) is 66.7 Å². The molecule has 2 aliphatic carbocycles. The molecule has 2 saturated carbocycles. The van der Waals surface area contributed by atoms with E-state index in [-0.39, 0.29) is 17.8 Å². The zero-order valence-electron chi connectivity index (χ0n) is 32.1. The molecule has 0 bridgehead atoms. The van der Waals surface area contributed by atoms with E-state index in [1.54, 1.807) is 12.4 Å². The number of benzene rings is 3. The van der Waals surface area contributed by atoms with Gasteiger partial charge in [-0.1, -0.05) is 37.1 Å². The Hall–Kier alpha value is -1.44. The predicted octanol–water partition coefficient (Wildman–Crippen LogP) is 11.5. The number of ether oxygens (including phenoxy) is 3. The van der Waals surface area contributed by atoms with E-state index in [0.717, 1.165) is 29.2 Å². The van der Waals surface area contributed by atoms with Gasteiger partial charge in [-0.25, -0.2) is 0 Å². The third-order valence-corrected chi connectivity index (χ3v) is 13.1. The molecule has 0 aromatic heterocycles. The van der Waals surface area contributed by atoms with Gasteiger partial charge in [-0.2, -0.15) is 35.9 Å². The normalized spacial score (nSPS) is 15.3. The first-order valence-corrected chi connectivity index (χ1v) is 22.4. The minimum absolute atomic E-state index is 0.0417. The van der Waals surface area contributed by atoms with Crippen molar-refractivity contribution in [2.24, 2.45) is 5.73 Å². The van der Waals surface area contributed by atoms with Crippen LogP contribution in [0.2, 0.25) is 0 Å². The molecule has 7 heteroatoms. The van der Waals surface area contributed by atoms with E-state index >= 15 is 0 Å². The summed E-state index contributed by atoms with van der Waals surface area (Å²) in [4.78, 5) is 0. The summed E-state index contributed by atoms with van der Waals surface area (Å²) >= 11 is 2.22. The Balaban J connectivity index is 0.000000420. The van der Waals surface area contributed by atoms with Gasteiger partial charge in [0.2, 0.25) is 0 Å². The second kappa shape index (κ2) is 24.7. The van der Waals surface area contributed by atoms with Gasteiger partial charge in [0.25, 0.3) is 0 Å². The van der Waals surface area contributed by atoms with Crippen LogP contribution in [0.25, 0.3) is 11.1 Å². The Morgan fingerprint density at radius 2 is 1.24 bits per heavy atom. The molecule has 4 nitrogen and oxygen atoms in total. The molecule has 0 saturated heterocycles. The second-order valence-electron chi connectivity index (χ2n) is 14.9. The van der Waals surface area contributed by atoms with Crippen molar-refractivity contribution in [1.82, 2.24) is 0 Å². The van der Waals surface area contributed by atoms with Crippen molar-refractivity contribution in [3.8, 4) is 22.6 Å². The fourth-order valence-electron chi connectivity index (χ4n) is 6.78. The Bertz CT molecular complexity index is 1260. The Morgan fingerprint density at radius 3 is 1.66 bits per heavy atom. The average molecular weight is 818 g/mol. The van der Waals surface area contributed by atoms with Crippen LogP contribution < -0.4 is 20.5 Å². The van der Waals surface area contributed by atoms with Crippen molar-refractivity contribution < 1.29 is 32.4 Å².